The minimum Gasteiger partial charge on any atom is -0.507 e. The van der Waals surface area contributed by atoms with Crippen molar-refractivity contribution >= 4 is 29.4 Å². The summed E-state index contributed by atoms with van der Waals surface area (Å²) >= 11 is 5.12. The minimum absolute atomic E-state index is 0.0388. The second-order valence-electron chi connectivity index (χ2n) is 4.98. The fourth-order valence-corrected chi connectivity index (χ4v) is 2.50. The van der Waals surface area contributed by atoms with E-state index in [0.29, 0.717) is 22.6 Å². The van der Waals surface area contributed by atoms with Crippen molar-refractivity contribution in [1.82, 2.24) is 14.9 Å². The van der Waals surface area contributed by atoms with Gasteiger partial charge in [-0.2, -0.15) is 14.9 Å². The van der Waals surface area contributed by atoms with E-state index in [2.05, 4.69) is 15.3 Å². The zero-order chi connectivity index (χ0) is 16.6. The van der Waals surface area contributed by atoms with E-state index < -0.39 is 5.63 Å². The number of phenolic OH excluding ortho intramolecular Hbond substituents is 1. The van der Waals surface area contributed by atoms with E-state index in [0.717, 1.165) is 10.9 Å². The van der Waals surface area contributed by atoms with Gasteiger partial charge in [0, 0.05) is 17.9 Å². The highest BCUT2D eigenvalue weighted by Gasteiger charge is 2.11. The van der Waals surface area contributed by atoms with Crippen LogP contribution in [0.2, 0.25) is 0 Å². The molecule has 7 nitrogen and oxygen atoms in total. The number of nitrogens with zero attached hydrogens (tertiary/aromatic N) is 3. The number of hydrogen-bond donors (Lipinski definition) is 2. The molecular formula is C15H14N4O3S. The third-order valence-electron chi connectivity index (χ3n) is 3.47. The molecule has 0 atom stereocenters. The Morgan fingerprint density at radius 2 is 2.30 bits per heavy atom. The van der Waals surface area contributed by atoms with E-state index in [-0.39, 0.29) is 11.3 Å². The lowest BCUT2D eigenvalue weighted by atomic mass is 10.1. The molecule has 8 heteroatoms. The van der Waals surface area contributed by atoms with E-state index >= 15 is 0 Å². The van der Waals surface area contributed by atoms with Gasteiger partial charge in [-0.3, -0.25) is 5.10 Å². The van der Waals surface area contributed by atoms with Crippen LogP contribution >= 0.6 is 12.2 Å². The first-order chi connectivity index (χ1) is 11.0. The highest BCUT2D eigenvalue weighted by Crippen LogP contribution is 2.26. The molecule has 3 rings (SSSR count). The Kier molecular flexibility index (Phi) is 3.83. The maximum Gasteiger partial charge on any atom is 0.336 e. The third-order valence-corrected chi connectivity index (χ3v) is 3.74. The SMILES string of the molecule is CCc1n[nH]c(=S)n1/N=C/c1c(O)ccc2c(C)cc(=O)oc12. The summed E-state index contributed by atoms with van der Waals surface area (Å²) in [7, 11) is 0. The molecule has 1 aromatic carbocycles. The topological polar surface area (TPSA) is 96.4 Å². The molecule has 0 amide bonds. The van der Waals surface area contributed by atoms with Crippen molar-refractivity contribution in [1.29, 1.82) is 0 Å². The maximum atomic E-state index is 11.6. The van der Waals surface area contributed by atoms with Crippen molar-refractivity contribution < 1.29 is 9.52 Å². The standard InChI is InChI=1S/C15H14N4O3S/c1-3-12-17-18-15(23)19(12)16-7-10-11(20)5-4-9-8(2)6-13(21)22-14(9)10/h4-7,20H,3H2,1-2H3,(H,18,23)/b16-7+. The number of phenols is 1. The van der Waals surface area contributed by atoms with E-state index in [4.69, 9.17) is 16.6 Å². The lowest BCUT2D eigenvalue weighted by molar-refractivity contribution is 0.472. The maximum absolute atomic E-state index is 11.6. The number of nitrogens with one attached hydrogen (secondary N) is 1. The van der Waals surface area contributed by atoms with Gasteiger partial charge in [0.2, 0.25) is 4.77 Å². The second-order valence-corrected chi connectivity index (χ2v) is 5.37. The fraction of sp³-hybridized carbons (Fsp3) is 0.200. The summed E-state index contributed by atoms with van der Waals surface area (Å²) in [6.45, 7) is 3.73. The molecule has 2 N–H and O–H groups in total. The van der Waals surface area contributed by atoms with Gasteiger partial charge in [-0.05, 0) is 36.8 Å². The largest absolute Gasteiger partial charge is 0.507 e. The van der Waals surface area contributed by atoms with Crippen molar-refractivity contribution in [3.63, 3.8) is 0 Å². The summed E-state index contributed by atoms with van der Waals surface area (Å²) < 4.78 is 7.05. The number of fused-ring (bicyclic) bond motifs is 1. The highest BCUT2D eigenvalue weighted by atomic mass is 32.1. The molecule has 118 valence electrons. The van der Waals surface area contributed by atoms with E-state index in [1.54, 1.807) is 13.0 Å². The van der Waals surface area contributed by atoms with E-state index in [1.807, 2.05) is 6.92 Å². The fourth-order valence-electron chi connectivity index (χ4n) is 2.31. The molecule has 0 aliphatic rings. The third kappa shape index (κ3) is 2.68. The summed E-state index contributed by atoms with van der Waals surface area (Å²) in [6.07, 6.45) is 2.05. The van der Waals surface area contributed by atoms with Gasteiger partial charge in [0.15, 0.2) is 11.4 Å². The lowest BCUT2D eigenvalue weighted by Crippen LogP contribution is -2.01. The van der Waals surface area contributed by atoms with Crippen LogP contribution in [-0.4, -0.2) is 26.2 Å². The van der Waals surface area contributed by atoms with Crippen LogP contribution in [0.1, 0.15) is 23.9 Å². The first kappa shape index (κ1) is 15.2. The number of aromatic hydroxyl groups is 1. The predicted octanol–water partition coefficient (Wildman–Crippen LogP) is 2.51. The van der Waals surface area contributed by atoms with Crippen LogP contribution < -0.4 is 5.63 Å². The van der Waals surface area contributed by atoms with Gasteiger partial charge in [-0.25, -0.2) is 4.79 Å². The minimum atomic E-state index is -0.482. The molecule has 2 heterocycles. The zero-order valence-corrected chi connectivity index (χ0v) is 13.3. The van der Waals surface area contributed by atoms with Gasteiger partial charge < -0.3 is 9.52 Å². The van der Waals surface area contributed by atoms with E-state index in [1.165, 1.54) is 23.0 Å². The lowest BCUT2D eigenvalue weighted by Gasteiger charge is -2.05. The van der Waals surface area contributed by atoms with Gasteiger partial charge in [0.1, 0.15) is 5.75 Å². The van der Waals surface area contributed by atoms with Gasteiger partial charge in [-0.15, -0.1) is 0 Å². The molecule has 0 bridgehead atoms. The highest BCUT2D eigenvalue weighted by molar-refractivity contribution is 7.71. The number of benzene rings is 1. The average molecular weight is 330 g/mol. The first-order valence-corrected chi connectivity index (χ1v) is 7.39. The van der Waals surface area contributed by atoms with Crippen LogP contribution in [-0.2, 0) is 6.42 Å². The molecule has 0 saturated carbocycles. The number of aromatic nitrogens is 3. The second kappa shape index (κ2) is 5.81. The molecule has 0 fully saturated rings. The summed E-state index contributed by atoms with van der Waals surface area (Å²) in [5.41, 5.74) is 0.879. The van der Waals surface area contributed by atoms with Gasteiger partial charge >= 0.3 is 5.63 Å². The van der Waals surface area contributed by atoms with Crippen molar-refractivity contribution in [3.05, 3.63) is 50.3 Å². The Labute approximate surface area is 135 Å². The molecule has 0 radical (unpaired) electrons. The van der Waals surface area contributed by atoms with Crippen LogP contribution in [0.3, 0.4) is 0 Å². The Morgan fingerprint density at radius 3 is 3.04 bits per heavy atom. The Balaban J connectivity index is 2.22. The number of hydrogen-bond acceptors (Lipinski definition) is 6. The molecule has 0 aliphatic heterocycles. The van der Waals surface area contributed by atoms with Crippen molar-refractivity contribution in [2.75, 3.05) is 0 Å². The predicted molar refractivity (Wildman–Crippen MR) is 88.7 cm³/mol. The first-order valence-electron chi connectivity index (χ1n) is 6.98. The summed E-state index contributed by atoms with van der Waals surface area (Å²) in [5, 5.41) is 21.8. The van der Waals surface area contributed by atoms with Gasteiger partial charge in [0.05, 0.1) is 11.8 Å². The molecule has 0 aliphatic carbocycles. The summed E-state index contributed by atoms with van der Waals surface area (Å²) in [5.74, 6) is 0.617. The molecule has 0 spiro atoms. The van der Waals surface area contributed by atoms with Crippen LogP contribution in [0, 0.1) is 11.7 Å². The number of aromatic amines is 1. The van der Waals surface area contributed by atoms with E-state index in [9.17, 15) is 9.90 Å². The Hall–Kier alpha value is -2.74. The zero-order valence-electron chi connectivity index (χ0n) is 12.5. The van der Waals surface area contributed by atoms with Crippen LogP contribution in [0.4, 0.5) is 0 Å². The van der Waals surface area contributed by atoms with Gasteiger partial charge in [-0.1, -0.05) is 6.92 Å². The number of rotatable bonds is 3. The monoisotopic (exact) mass is 330 g/mol. The quantitative estimate of drug-likeness (QED) is 0.437. The Morgan fingerprint density at radius 1 is 1.52 bits per heavy atom. The summed E-state index contributed by atoms with van der Waals surface area (Å²) in [4.78, 5) is 11.6. The van der Waals surface area contributed by atoms with Crippen molar-refractivity contribution in [3.8, 4) is 5.75 Å². The molecule has 3 aromatic rings. The molecule has 0 saturated heterocycles. The molecule has 2 aromatic heterocycles. The Bertz CT molecular complexity index is 1030. The smallest absolute Gasteiger partial charge is 0.336 e. The van der Waals surface area contributed by atoms with Crippen LogP contribution in [0.5, 0.6) is 5.75 Å². The summed E-state index contributed by atoms with van der Waals surface area (Å²) in [6, 6.07) is 4.63. The number of aryl methyl sites for hydroxylation is 2. The molecule has 0 unspecified atom stereocenters. The van der Waals surface area contributed by atoms with Crippen LogP contribution in [0.15, 0.2) is 32.5 Å². The molecular weight excluding hydrogens is 316 g/mol. The van der Waals surface area contributed by atoms with Crippen molar-refractivity contribution in [2.24, 2.45) is 5.10 Å². The average Bonchev–Trinajstić information content (AvgIpc) is 2.86. The van der Waals surface area contributed by atoms with Crippen LogP contribution in [0.25, 0.3) is 11.0 Å². The molecule has 23 heavy (non-hydrogen) atoms. The van der Waals surface area contributed by atoms with Gasteiger partial charge in [0.25, 0.3) is 0 Å². The number of H-pyrrole nitrogens is 1. The van der Waals surface area contributed by atoms with Crippen molar-refractivity contribution in [2.45, 2.75) is 20.3 Å². The normalized spacial score (nSPS) is 11.6.